The van der Waals surface area contributed by atoms with Crippen LogP contribution in [0, 0.1) is 0 Å². The number of thiophene rings is 1. The van der Waals surface area contributed by atoms with Crippen LogP contribution in [-0.4, -0.2) is 15.0 Å². The van der Waals surface area contributed by atoms with E-state index in [2.05, 4.69) is 97.1 Å². The minimum absolute atomic E-state index is 0.616. The molecule has 4 nitrogen and oxygen atoms in total. The van der Waals surface area contributed by atoms with Gasteiger partial charge in [0.25, 0.3) is 0 Å². The Morgan fingerprint density at radius 1 is 0.435 bits per heavy atom. The maximum Gasteiger partial charge on any atom is 0.164 e. The topological polar surface area (TPSA) is 51.8 Å². The van der Waals surface area contributed by atoms with Gasteiger partial charge < -0.3 is 4.42 Å². The van der Waals surface area contributed by atoms with Crippen molar-refractivity contribution < 1.29 is 4.42 Å². The van der Waals surface area contributed by atoms with Crippen LogP contribution >= 0.6 is 11.3 Å². The SMILES string of the molecule is c1ccc(-c2nc(-c3ccc4sc5ccccc5c4c3)nc(-c3cc4ccc5ccccc5c4c4oc5ccccc5c34)n2)cc1. The van der Waals surface area contributed by atoms with Crippen LogP contribution in [0.25, 0.3) is 97.8 Å². The molecule has 0 aliphatic heterocycles. The fourth-order valence-electron chi connectivity index (χ4n) is 6.76. The van der Waals surface area contributed by atoms with E-state index in [0.29, 0.717) is 17.5 Å². The molecule has 0 radical (unpaired) electrons. The molecule has 0 N–H and O–H groups in total. The largest absolute Gasteiger partial charge is 0.455 e. The lowest BCUT2D eigenvalue weighted by atomic mass is 9.95. The van der Waals surface area contributed by atoms with Crippen LogP contribution in [0.3, 0.4) is 0 Å². The molecule has 0 unspecified atom stereocenters. The van der Waals surface area contributed by atoms with Crippen molar-refractivity contribution in [2.45, 2.75) is 0 Å². The van der Waals surface area contributed by atoms with Crippen LogP contribution < -0.4 is 0 Å². The van der Waals surface area contributed by atoms with Crippen molar-refractivity contribution in [3.8, 4) is 34.2 Å². The zero-order valence-corrected chi connectivity index (χ0v) is 25.3. The van der Waals surface area contributed by atoms with Crippen molar-refractivity contribution in [1.29, 1.82) is 0 Å². The Hall–Kier alpha value is -5.91. The molecule has 3 aromatic heterocycles. The molecule has 214 valence electrons. The summed E-state index contributed by atoms with van der Waals surface area (Å²) >= 11 is 1.81. The van der Waals surface area contributed by atoms with Gasteiger partial charge in [-0.15, -0.1) is 11.3 Å². The molecule has 7 aromatic carbocycles. The minimum Gasteiger partial charge on any atom is -0.455 e. The highest BCUT2D eigenvalue weighted by Crippen LogP contribution is 2.43. The van der Waals surface area contributed by atoms with Crippen molar-refractivity contribution in [3.05, 3.63) is 140 Å². The Morgan fingerprint density at radius 3 is 2.00 bits per heavy atom. The first kappa shape index (κ1) is 25.4. The van der Waals surface area contributed by atoms with Crippen LogP contribution in [-0.2, 0) is 0 Å². The second-order valence-electron chi connectivity index (χ2n) is 11.6. The molecule has 0 fully saturated rings. The number of rotatable bonds is 3. The maximum absolute atomic E-state index is 6.68. The van der Waals surface area contributed by atoms with E-state index in [-0.39, 0.29) is 0 Å². The van der Waals surface area contributed by atoms with Crippen molar-refractivity contribution in [3.63, 3.8) is 0 Å². The van der Waals surface area contributed by atoms with E-state index >= 15 is 0 Å². The van der Waals surface area contributed by atoms with E-state index < -0.39 is 0 Å². The summed E-state index contributed by atoms with van der Waals surface area (Å²) in [7, 11) is 0. The second kappa shape index (κ2) is 9.80. The highest BCUT2D eigenvalue weighted by atomic mass is 32.1. The molecule has 46 heavy (non-hydrogen) atoms. The summed E-state index contributed by atoms with van der Waals surface area (Å²) < 4.78 is 9.19. The lowest BCUT2D eigenvalue weighted by Crippen LogP contribution is -2.00. The Balaban J connectivity index is 1.30. The Bertz CT molecular complexity index is 2820. The summed E-state index contributed by atoms with van der Waals surface area (Å²) in [5, 5.41) is 9.02. The van der Waals surface area contributed by atoms with Gasteiger partial charge in [0.2, 0.25) is 0 Å². The van der Waals surface area contributed by atoms with E-state index in [1.165, 1.54) is 25.6 Å². The van der Waals surface area contributed by atoms with Gasteiger partial charge >= 0.3 is 0 Å². The molecule has 10 rings (SSSR count). The molecule has 0 amide bonds. The number of nitrogens with zero attached hydrogens (tertiary/aromatic N) is 3. The minimum atomic E-state index is 0.616. The molecule has 10 aromatic rings. The Labute approximate surface area is 267 Å². The second-order valence-corrected chi connectivity index (χ2v) is 12.7. The molecule has 0 saturated heterocycles. The third-order valence-corrected chi connectivity index (χ3v) is 10.0. The Kier molecular flexibility index (Phi) is 5.41. The van der Waals surface area contributed by atoms with Gasteiger partial charge in [0, 0.05) is 53.0 Å². The van der Waals surface area contributed by atoms with Crippen LogP contribution in [0.2, 0.25) is 0 Å². The third kappa shape index (κ3) is 3.82. The molecule has 0 saturated carbocycles. The number of para-hydroxylation sites is 1. The van der Waals surface area contributed by atoms with E-state index in [9.17, 15) is 0 Å². The highest BCUT2D eigenvalue weighted by Gasteiger charge is 2.21. The van der Waals surface area contributed by atoms with Crippen molar-refractivity contribution >= 4 is 75.0 Å². The quantitative estimate of drug-likeness (QED) is 0.188. The van der Waals surface area contributed by atoms with Gasteiger partial charge in [0.05, 0.1) is 0 Å². The number of aromatic nitrogens is 3. The highest BCUT2D eigenvalue weighted by molar-refractivity contribution is 7.25. The summed E-state index contributed by atoms with van der Waals surface area (Å²) in [4.78, 5) is 15.4. The normalized spacial score (nSPS) is 11.9. The number of fused-ring (bicyclic) bond motifs is 10. The van der Waals surface area contributed by atoms with Gasteiger partial charge in [0.15, 0.2) is 17.5 Å². The molecule has 0 atom stereocenters. The van der Waals surface area contributed by atoms with Gasteiger partial charge in [-0.1, -0.05) is 103 Å². The summed E-state index contributed by atoms with van der Waals surface area (Å²) in [6.45, 7) is 0. The van der Waals surface area contributed by atoms with E-state index in [1.54, 1.807) is 0 Å². The summed E-state index contributed by atoms with van der Waals surface area (Å²) in [5.74, 6) is 1.89. The lowest BCUT2D eigenvalue weighted by molar-refractivity contribution is 0.673. The van der Waals surface area contributed by atoms with E-state index in [1.807, 2.05) is 53.8 Å². The fraction of sp³-hybridized carbons (Fsp3) is 0. The zero-order valence-electron chi connectivity index (χ0n) is 24.4. The van der Waals surface area contributed by atoms with Crippen molar-refractivity contribution in [2.75, 3.05) is 0 Å². The first-order chi connectivity index (χ1) is 22.8. The van der Waals surface area contributed by atoms with Crippen LogP contribution in [0.5, 0.6) is 0 Å². The molecule has 0 bridgehead atoms. The standard InChI is InChI=1S/C41H23N3OS/c1-2-11-25(12-3-1)39-42-40(27-20-21-35-31(23-27)29-14-7-9-17-34(29)46-35)44-41(43-39)32-22-26-19-18-24-10-4-5-13-28(24)36(26)38-37(32)30-15-6-8-16-33(30)45-38/h1-23H. The molecule has 3 heterocycles. The lowest BCUT2D eigenvalue weighted by Gasteiger charge is -2.12. The maximum atomic E-state index is 6.68. The Morgan fingerprint density at radius 2 is 1.11 bits per heavy atom. The van der Waals surface area contributed by atoms with Crippen LogP contribution in [0.1, 0.15) is 0 Å². The number of furan rings is 1. The zero-order chi connectivity index (χ0) is 30.2. The third-order valence-electron chi connectivity index (χ3n) is 8.90. The van der Waals surface area contributed by atoms with Gasteiger partial charge in [-0.05, 0) is 52.6 Å². The monoisotopic (exact) mass is 605 g/mol. The molecule has 5 heteroatoms. The smallest absolute Gasteiger partial charge is 0.164 e. The predicted molar refractivity (Wildman–Crippen MR) is 191 cm³/mol. The van der Waals surface area contributed by atoms with E-state index in [0.717, 1.165) is 54.8 Å². The van der Waals surface area contributed by atoms with Crippen molar-refractivity contribution in [2.24, 2.45) is 0 Å². The van der Waals surface area contributed by atoms with Crippen LogP contribution in [0.15, 0.2) is 144 Å². The molecule has 0 aliphatic rings. The first-order valence-electron chi connectivity index (χ1n) is 15.3. The predicted octanol–water partition coefficient (Wildman–Crippen LogP) is 11.4. The summed E-state index contributed by atoms with van der Waals surface area (Å²) in [5.41, 5.74) is 4.50. The van der Waals surface area contributed by atoms with Gasteiger partial charge in [0.1, 0.15) is 11.2 Å². The van der Waals surface area contributed by atoms with Gasteiger partial charge in [-0.3, -0.25) is 0 Å². The average molecular weight is 606 g/mol. The molecule has 0 aliphatic carbocycles. The van der Waals surface area contributed by atoms with Crippen LogP contribution in [0.4, 0.5) is 0 Å². The van der Waals surface area contributed by atoms with E-state index in [4.69, 9.17) is 19.4 Å². The van der Waals surface area contributed by atoms with Crippen molar-refractivity contribution in [1.82, 2.24) is 15.0 Å². The van der Waals surface area contributed by atoms with Gasteiger partial charge in [-0.2, -0.15) is 0 Å². The summed E-state index contributed by atoms with van der Waals surface area (Å²) in [6, 6.07) is 48.5. The molecular formula is C41H23N3OS. The summed E-state index contributed by atoms with van der Waals surface area (Å²) in [6.07, 6.45) is 0. The van der Waals surface area contributed by atoms with Gasteiger partial charge in [-0.25, -0.2) is 15.0 Å². The average Bonchev–Trinajstić information content (AvgIpc) is 3.70. The number of benzene rings is 7. The fourth-order valence-corrected chi connectivity index (χ4v) is 7.85. The number of hydrogen-bond acceptors (Lipinski definition) is 5. The first-order valence-corrected chi connectivity index (χ1v) is 16.1. The molecular weight excluding hydrogens is 583 g/mol. The number of hydrogen-bond donors (Lipinski definition) is 0. The molecule has 0 spiro atoms.